The van der Waals surface area contributed by atoms with Gasteiger partial charge in [0.25, 0.3) is 0 Å². The van der Waals surface area contributed by atoms with Crippen LogP contribution in [0.5, 0.6) is 11.5 Å². The van der Waals surface area contributed by atoms with Crippen molar-refractivity contribution in [2.24, 2.45) is 0 Å². The van der Waals surface area contributed by atoms with E-state index in [0.717, 1.165) is 24.4 Å². The molecule has 1 N–H and O–H groups in total. The first kappa shape index (κ1) is 8.24. The number of rotatable bonds is 0. The fraction of sp³-hybridized carbons (Fsp3) is 0.400. The van der Waals surface area contributed by atoms with Crippen molar-refractivity contribution in [3.05, 3.63) is 16.7 Å². The maximum absolute atomic E-state index is 6.20. The Balaban J connectivity index is 2.20. The van der Waals surface area contributed by atoms with Crippen LogP contribution in [0, 0.1) is 0 Å². The molecule has 0 radical (unpaired) electrons. The first-order valence-corrected chi connectivity index (χ1v) is 5.09. The van der Waals surface area contributed by atoms with E-state index in [9.17, 15) is 0 Å². The number of benzene rings is 1. The first-order valence-electron chi connectivity index (χ1n) is 4.71. The highest BCUT2D eigenvalue weighted by Gasteiger charge is 2.23. The SMILES string of the molecule is Clc1c2c(cc3c1OCCO3)CCN2. The topological polar surface area (TPSA) is 30.5 Å². The average Bonchev–Trinajstić information content (AvgIpc) is 2.66. The predicted molar refractivity (Wildman–Crippen MR) is 54.6 cm³/mol. The predicted octanol–water partition coefficient (Wildman–Crippen LogP) is 2.08. The first-order chi connectivity index (χ1) is 6.86. The summed E-state index contributed by atoms with van der Waals surface area (Å²) in [6.07, 6.45) is 1.01. The van der Waals surface area contributed by atoms with Gasteiger partial charge < -0.3 is 14.8 Å². The largest absolute Gasteiger partial charge is 0.486 e. The molecule has 3 rings (SSSR count). The molecule has 74 valence electrons. The fourth-order valence-corrected chi connectivity index (χ4v) is 2.24. The lowest BCUT2D eigenvalue weighted by Gasteiger charge is -2.20. The Morgan fingerprint density at radius 3 is 3.07 bits per heavy atom. The Hall–Kier alpha value is -1.09. The molecule has 0 spiro atoms. The number of fused-ring (bicyclic) bond motifs is 2. The number of hydrogen-bond acceptors (Lipinski definition) is 3. The lowest BCUT2D eigenvalue weighted by Crippen LogP contribution is -2.16. The summed E-state index contributed by atoms with van der Waals surface area (Å²) in [4.78, 5) is 0. The number of anilines is 1. The second kappa shape index (κ2) is 2.95. The normalized spacial score (nSPS) is 17.5. The molecule has 2 aliphatic heterocycles. The van der Waals surface area contributed by atoms with Crippen molar-refractivity contribution in [1.82, 2.24) is 0 Å². The fourth-order valence-electron chi connectivity index (χ4n) is 1.91. The smallest absolute Gasteiger partial charge is 0.182 e. The van der Waals surface area contributed by atoms with Crippen LogP contribution in [0.1, 0.15) is 5.56 Å². The van der Waals surface area contributed by atoms with Crippen LogP contribution in [-0.2, 0) is 6.42 Å². The van der Waals surface area contributed by atoms with E-state index in [1.807, 2.05) is 6.07 Å². The summed E-state index contributed by atoms with van der Waals surface area (Å²) >= 11 is 6.20. The van der Waals surface area contributed by atoms with Gasteiger partial charge in [-0.3, -0.25) is 0 Å². The molecular weight excluding hydrogens is 202 g/mol. The summed E-state index contributed by atoms with van der Waals surface area (Å²) in [6.45, 7) is 2.12. The molecule has 1 aromatic rings. The van der Waals surface area contributed by atoms with E-state index in [-0.39, 0.29) is 0 Å². The third-order valence-electron chi connectivity index (χ3n) is 2.55. The minimum atomic E-state index is 0.575. The summed E-state index contributed by atoms with van der Waals surface area (Å²) in [5, 5.41) is 3.91. The van der Waals surface area contributed by atoms with Gasteiger partial charge in [-0.1, -0.05) is 11.6 Å². The van der Waals surface area contributed by atoms with Crippen LogP contribution in [0.15, 0.2) is 6.07 Å². The van der Waals surface area contributed by atoms with Crippen LogP contribution in [0.25, 0.3) is 0 Å². The zero-order chi connectivity index (χ0) is 9.54. The van der Waals surface area contributed by atoms with E-state index in [1.54, 1.807) is 0 Å². The summed E-state index contributed by atoms with van der Waals surface area (Å²) in [6, 6.07) is 2.02. The van der Waals surface area contributed by atoms with E-state index in [4.69, 9.17) is 21.1 Å². The Labute approximate surface area is 87.0 Å². The number of hydrogen-bond donors (Lipinski definition) is 1. The van der Waals surface area contributed by atoms with Crippen LogP contribution in [-0.4, -0.2) is 19.8 Å². The van der Waals surface area contributed by atoms with Gasteiger partial charge in [0.15, 0.2) is 11.5 Å². The lowest BCUT2D eigenvalue weighted by molar-refractivity contribution is 0.171. The van der Waals surface area contributed by atoms with Gasteiger partial charge in [-0.25, -0.2) is 0 Å². The molecule has 0 aliphatic carbocycles. The highest BCUT2D eigenvalue weighted by Crippen LogP contribution is 2.45. The van der Waals surface area contributed by atoms with Gasteiger partial charge in [0, 0.05) is 6.54 Å². The number of nitrogens with one attached hydrogen (secondary N) is 1. The van der Waals surface area contributed by atoms with Gasteiger partial charge in [-0.2, -0.15) is 0 Å². The highest BCUT2D eigenvalue weighted by atomic mass is 35.5. The van der Waals surface area contributed by atoms with E-state index in [1.165, 1.54) is 5.56 Å². The number of ether oxygens (including phenoxy) is 2. The van der Waals surface area contributed by atoms with Crippen molar-refractivity contribution in [1.29, 1.82) is 0 Å². The summed E-state index contributed by atoms with van der Waals surface area (Å²) < 4.78 is 11.0. The molecule has 4 heteroatoms. The van der Waals surface area contributed by atoms with E-state index in [0.29, 0.717) is 24.0 Å². The second-order valence-corrected chi connectivity index (χ2v) is 3.80. The molecule has 14 heavy (non-hydrogen) atoms. The monoisotopic (exact) mass is 211 g/mol. The summed E-state index contributed by atoms with van der Waals surface area (Å²) in [5.41, 5.74) is 2.23. The Kier molecular flexibility index (Phi) is 1.74. The minimum absolute atomic E-state index is 0.575. The van der Waals surface area contributed by atoms with Crippen molar-refractivity contribution >= 4 is 17.3 Å². The standard InChI is InChI=1S/C10H10ClNO2/c11-8-9-6(1-2-12-9)5-7-10(8)14-4-3-13-7/h5,12H,1-4H2. The molecule has 1 aromatic carbocycles. The number of halogens is 1. The molecule has 0 atom stereocenters. The van der Waals surface area contributed by atoms with Crippen molar-refractivity contribution in [2.45, 2.75) is 6.42 Å². The van der Waals surface area contributed by atoms with E-state index in [2.05, 4.69) is 5.32 Å². The lowest BCUT2D eigenvalue weighted by atomic mass is 10.1. The molecule has 0 saturated heterocycles. The third kappa shape index (κ3) is 1.05. The quantitative estimate of drug-likeness (QED) is 0.713. The van der Waals surface area contributed by atoms with Gasteiger partial charge in [-0.05, 0) is 18.1 Å². The molecule has 0 aromatic heterocycles. The molecular formula is C10H10ClNO2. The zero-order valence-corrected chi connectivity index (χ0v) is 8.36. The van der Waals surface area contributed by atoms with Gasteiger partial charge >= 0.3 is 0 Å². The van der Waals surface area contributed by atoms with Crippen molar-refractivity contribution in [3.8, 4) is 11.5 Å². The molecule has 2 aliphatic rings. The Morgan fingerprint density at radius 1 is 1.29 bits per heavy atom. The van der Waals surface area contributed by atoms with Crippen LogP contribution in [0.2, 0.25) is 5.02 Å². The van der Waals surface area contributed by atoms with Crippen molar-refractivity contribution < 1.29 is 9.47 Å². The van der Waals surface area contributed by atoms with Crippen LogP contribution >= 0.6 is 11.6 Å². The molecule has 0 saturated carbocycles. The van der Waals surface area contributed by atoms with E-state index < -0.39 is 0 Å². The minimum Gasteiger partial charge on any atom is -0.486 e. The van der Waals surface area contributed by atoms with E-state index >= 15 is 0 Å². The van der Waals surface area contributed by atoms with Crippen molar-refractivity contribution in [3.63, 3.8) is 0 Å². The molecule has 2 heterocycles. The Bertz CT molecular complexity index is 392. The molecule has 0 unspecified atom stereocenters. The summed E-state index contributed by atoms with van der Waals surface area (Å²) in [5.74, 6) is 1.47. The van der Waals surface area contributed by atoms with Gasteiger partial charge in [0.2, 0.25) is 0 Å². The molecule has 0 fully saturated rings. The zero-order valence-electron chi connectivity index (χ0n) is 7.60. The maximum atomic E-state index is 6.20. The molecule has 3 nitrogen and oxygen atoms in total. The summed E-state index contributed by atoms with van der Waals surface area (Å²) in [7, 11) is 0. The molecule has 0 amide bonds. The van der Waals surface area contributed by atoms with Crippen LogP contribution in [0.3, 0.4) is 0 Å². The van der Waals surface area contributed by atoms with Gasteiger partial charge in [0.05, 0.1) is 5.69 Å². The highest BCUT2D eigenvalue weighted by molar-refractivity contribution is 6.35. The molecule has 0 bridgehead atoms. The van der Waals surface area contributed by atoms with Gasteiger partial charge in [0.1, 0.15) is 18.2 Å². The van der Waals surface area contributed by atoms with Crippen molar-refractivity contribution in [2.75, 3.05) is 25.1 Å². The maximum Gasteiger partial charge on any atom is 0.182 e. The average molecular weight is 212 g/mol. The Morgan fingerprint density at radius 2 is 2.14 bits per heavy atom. The van der Waals surface area contributed by atoms with Crippen LogP contribution in [0.4, 0.5) is 5.69 Å². The van der Waals surface area contributed by atoms with Crippen LogP contribution < -0.4 is 14.8 Å². The third-order valence-corrected chi connectivity index (χ3v) is 2.91. The van der Waals surface area contributed by atoms with Gasteiger partial charge in [-0.15, -0.1) is 0 Å². The second-order valence-electron chi connectivity index (χ2n) is 3.43.